The average Bonchev–Trinajstić information content (AvgIpc) is 2.18. The van der Waals surface area contributed by atoms with Gasteiger partial charge in [-0.3, -0.25) is 10.2 Å². The molecule has 0 saturated heterocycles. The zero-order chi connectivity index (χ0) is 11.4. The number of hydrogen-bond acceptors (Lipinski definition) is 3. The molecule has 1 aromatic rings. The summed E-state index contributed by atoms with van der Waals surface area (Å²) < 4.78 is 0. The molecule has 0 saturated carbocycles. The van der Waals surface area contributed by atoms with Crippen molar-refractivity contribution in [2.24, 2.45) is 5.73 Å². The van der Waals surface area contributed by atoms with Crippen molar-refractivity contribution in [3.05, 3.63) is 33.8 Å². The molecule has 0 amide bonds. The van der Waals surface area contributed by atoms with Gasteiger partial charge in [-0.25, -0.2) is 0 Å². The number of benzene rings is 1. The monoisotopic (exact) mass is 262 g/mol. The smallest absolute Gasteiger partial charge is 0.173 e. The van der Waals surface area contributed by atoms with Crippen molar-refractivity contribution >= 4 is 45.9 Å². The van der Waals surface area contributed by atoms with Crippen LogP contribution in [0.2, 0.25) is 10.0 Å². The van der Waals surface area contributed by atoms with Gasteiger partial charge in [-0.05, 0) is 18.2 Å². The first-order chi connectivity index (χ1) is 7.00. The molecule has 0 aliphatic carbocycles. The molecule has 80 valence electrons. The fraction of sp³-hybridized carbons (Fsp3) is 0.111. The summed E-state index contributed by atoms with van der Waals surface area (Å²) in [4.78, 5) is 11.5. The maximum absolute atomic E-state index is 11.5. The predicted octanol–water partition coefficient (Wildman–Crippen LogP) is 2.80. The summed E-state index contributed by atoms with van der Waals surface area (Å²) in [7, 11) is 0. The second-order valence-electron chi connectivity index (χ2n) is 2.70. The van der Waals surface area contributed by atoms with E-state index in [0.717, 1.165) is 11.8 Å². The number of hydrogen-bond donors (Lipinski definition) is 2. The van der Waals surface area contributed by atoms with Gasteiger partial charge in [0.1, 0.15) is 0 Å². The molecule has 0 fully saturated rings. The van der Waals surface area contributed by atoms with E-state index in [9.17, 15) is 4.79 Å². The molecule has 0 bridgehead atoms. The average molecular weight is 263 g/mol. The highest BCUT2D eigenvalue weighted by atomic mass is 35.5. The Kier molecular flexibility index (Phi) is 4.45. The molecule has 1 aromatic carbocycles. The van der Waals surface area contributed by atoms with E-state index in [1.807, 2.05) is 0 Å². The molecule has 0 atom stereocenters. The number of Topliss-reactive ketones (excluding diaryl/α,β-unsaturated/α-hetero) is 1. The van der Waals surface area contributed by atoms with Crippen molar-refractivity contribution < 1.29 is 4.79 Å². The van der Waals surface area contributed by atoms with Crippen LogP contribution in [0.1, 0.15) is 10.4 Å². The minimum atomic E-state index is -0.131. The Morgan fingerprint density at radius 2 is 2.07 bits per heavy atom. The Morgan fingerprint density at radius 1 is 1.40 bits per heavy atom. The number of nitrogens with two attached hydrogens (primary N) is 1. The first-order valence-corrected chi connectivity index (χ1v) is 5.70. The van der Waals surface area contributed by atoms with Gasteiger partial charge in [-0.2, -0.15) is 0 Å². The number of amidine groups is 1. The third kappa shape index (κ3) is 3.74. The van der Waals surface area contributed by atoms with Gasteiger partial charge in [-0.1, -0.05) is 35.0 Å². The van der Waals surface area contributed by atoms with Gasteiger partial charge in [0.15, 0.2) is 11.0 Å². The fourth-order valence-corrected chi connectivity index (χ4v) is 1.65. The fourth-order valence-electron chi connectivity index (χ4n) is 0.896. The van der Waals surface area contributed by atoms with Crippen molar-refractivity contribution in [3.63, 3.8) is 0 Å². The van der Waals surface area contributed by atoms with E-state index in [2.05, 4.69) is 0 Å². The summed E-state index contributed by atoms with van der Waals surface area (Å²) in [6.07, 6.45) is 0. The van der Waals surface area contributed by atoms with E-state index < -0.39 is 0 Å². The number of thioether (sulfide) groups is 1. The van der Waals surface area contributed by atoms with Gasteiger partial charge in [0.05, 0.1) is 15.8 Å². The summed E-state index contributed by atoms with van der Waals surface area (Å²) in [5, 5.41) is 7.64. The predicted molar refractivity (Wildman–Crippen MR) is 65.2 cm³/mol. The summed E-state index contributed by atoms with van der Waals surface area (Å²) in [5.74, 6) is 0.00147. The van der Waals surface area contributed by atoms with Crippen molar-refractivity contribution in [2.75, 3.05) is 5.75 Å². The molecule has 3 N–H and O–H groups in total. The zero-order valence-electron chi connectivity index (χ0n) is 7.59. The molecule has 0 spiro atoms. The lowest BCUT2D eigenvalue weighted by Gasteiger charge is -2.01. The second kappa shape index (κ2) is 5.39. The van der Waals surface area contributed by atoms with Gasteiger partial charge in [0.2, 0.25) is 0 Å². The lowest BCUT2D eigenvalue weighted by molar-refractivity contribution is 0.102. The van der Waals surface area contributed by atoms with Crippen LogP contribution in [0.15, 0.2) is 18.2 Å². The first-order valence-electron chi connectivity index (χ1n) is 3.96. The molecule has 0 unspecified atom stereocenters. The molecule has 0 aliphatic heterocycles. The Hall–Kier alpha value is -0.710. The molecular formula is C9H8Cl2N2OS. The summed E-state index contributed by atoms with van der Waals surface area (Å²) in [6, 6.07) is 4.67. The maximum atomic E-state index is 11.5. The van der Waals surface area contributed by atoms with Crippen LogP contribution in [0, 0.1) is 5.41 Å². The molecular weight excluding hydrogens is 255 g/mol. The first kappa shape index (κ1) is 12.4. The highest BCUT2D eigenvalue weighted by Crippen LogP contribution is 2.23. The Balaban J connectivity index is 2.74. The zero-order valence-corrected chi connectivity index (χ0v) is 9.92. The third-order valence-corrected chi connectivity index (χ3v) is 3.06. The van der Waals surface area contributed by atoms with Crippen LogP contribution in [0.3, 0.4) is 0 Å². The third-order valence-electron chi connectivity index (χ3n) is 1.60. The lowest BCUT2D eigenvalue weighted by Crippen LogP contribution is -2.10. The minimum absolute atomic E-state index is 0.0802. The lowest BCUT2D eigenvalue weighted by atomic mass is 10.1. The summed E-state index contributed by atoms with van der Waals surface area (Å²) in [5.41, 5.74) is 5.59. The van der Waals surface area contributed by atoms with Crippen LogP contribution in [0.5, 0.6) is 0 Å². The standard InChI is InChI=1S/C9H8Cl2N2OS/c10-6-2-1-5(3-7(6)11)8(14)4-15-9(12)13/h1-3H,4H2,(H3,12,13). The molecule has 3 nitrogen and oxygen atoms in total. The molecule has 0 aliphatic rings. The molecule has 0 heterocycles. The molecule has 1 rings (SSSR count). The normalized spacial score (nSPS) is 10.0. The number of halogens is 2. The molecule has 0 radical (unpaired) electrons. The minimum Gasteiger partial charge on any atom is -0.379 e. The van der Waals surface area contributed by atoms with Crippen LogP contribution in [-0.4, -0.2) is 16.7 Å². The van der Waals surface area contributed by atoms with E-state index in [4.69, 9.17) is 34.3 Å². The van der Waals surface area contributed by atoms with Crippen molar-refractivity contribution in [3.8, 4) is 0 Å². The number of nitrogens with one attached hydrogen (secondary N) is 1. The van der Waals surface area contributed by atoms with Gasteiger partial charge >= 0.3 is 0 Å². The summed E-state index contributed by atoms with van der Waals surface area (Å²) in [6.45, 7) is 0. The van der Waals surface area contributed by atoms with Crippen molar-refractivity contribution in [2.45, 2.75) is 0 Å². The highest BCUT2D eigenvalue weighted by molar-refractivity contribution is 8.14. The topological polar surface area (TPSA) is 66.9 Å². The van der Waals surface area contributed by atoms with E-state index in [-0.39, 0.29) is 16.7 Å². The maximum Gasteiger partial charge on any atom is 0.173 e. The van der Waals surface area contributed by atoms with Gasteiger partial charge in [-0.15, -0.1) is 0 Å². The highest BCUT2D eigenvalue weighted by Gasteiger charge is 2.08. The van der Waals surface area contributed by atoms with Gasteiger partial charge < -0.3 is 5.73 Å². The molecule has 6 heteroatoms. The number of carbonyl (C=O) groups is 1. The van der Waals surface area contributed by atoms with Gasteiger partial charge in [0.25, 0.3) is 0 Å². The number of rotatable bonds is 3. The van der Waals surface area contributed by atoms with E-state index in [0.29, 0.717) is 15.6 Å². The Labute approximate surface area is 101 Å². The van der Waals surface area contributed by atoms with Gasteiger partial charge in [0, 0.05) is 5.56 Å². The quantitative estimate of drug-likeness (QED) is 0.500. The Bertz CT molecular complexity index is 409. The number of ketones is 1. The second-order valence-corrected chi connectivity index (χ2v) is 4.54. The van der Waals surface area contributed by atoms with Crippen molar-refractivity contribution in [1.82, 2.24) is 0 Å². The van der Waals surface area contributed by atoms with Crippen LogP contribution in [0.25, 0.3) is 0 Å². The SMILES string of the molecule is N=C(N)SCC(=O)c1ccc(Cl)c(Cl)c1. The number of carbonyl (C=O) groups excluding carboxylic acids is 1. The van der Waals surface area contributed by atoms with Crippen LogP contribution >= 0.6 is 35.0 Å². The molecule has 15 heavy (non-hydrogen) atoms. The van der Waals surface area contributed by atoms with Crippen LogP contribution in [0.4, 0.5) is 0 Å². The van der Waals surface area contributed by atoms with E-state index >= 15 is 0 Å². The van der Waals surface area contributed by atoms with E-state index in [1.165, 1.54) is 6.07 Å². The molecule has 0 aromatic heterocycles. The van der Waals surface area contributed by atoms with Crippen LogP contribution in [-0.2, 0) is 0 Å². The Morgan fingerprint density at radius 3 is 2.60 bits per heavy atom. The largest absolute Gasteiger partial charge is 0.379 e. The van der Waals surface area contributed by atoms with Crippen LogP contribution < -0.4 is 5.73 Å². The summed E-state index contributed by atoms with van der Waals surface area (Å²) >= 11 is 12.5. The van der Waals surface area contributed by atoms with Crippen molar-refractivity contribution in [1.29, 1.82) is 5.41 Å². The van der Waals surface area contributed by atoms with E-state index in [1.54, 1.807) is 12.1 Å².